The number of aromatic nitrogens is 2. The lowest BCUT2D eigenvalue weighted by Gasteiger charge is -2.19. The van der Waals surface area contributed by atoms with Gasteiger partial charge in [-0.15, -0.1) is 3.59 Å². The number of rotatable bonds is 12. The molecule has 0 spiro atoms. The Morgan fingerprint density at radius 3 is 1.38 bits per heavy atom. The zero-order valence-electron chi connectivity index (χ0n) is 14.6. The van der Waals surface area contributed by atoms with Crippen LogP contribution in [0.4, 0.5) is 0 Å². The summed E-state index contributed by atoms with van der Waals surface area (Å²) in [5, 5.41) is 0. The Bertz CT molecular complexity index is 1120. The van der Waals surface area contributed by atoms with E-state index in [1.165, 1.54) is 19.4 Å². The fraction of sp³-hybridized carbons (Fsp3) is 0.250. The molecule has 0 amide bonds. The summed E-state index contributed by atoms with van der Waals surface area (Å²) in [6.45, 7) is 0. The summed E-state index contributed by atoms with van der Waals surface area (Å²) in [6.07, 6.45) is 2.50. The predicted molar refractivity (Wildman–Crippen MR) is 97.2 cm³/mol. The van der Waals surface area contributed by atoms with Crippen molar-refractivity contribution in [1.29, 1.82) is 0 Å². The van der Waals surface area contributed by atoms with Crippen LogP contribution in [0.3, 0.4) is 0 Å². The molecule has 1 aromatic rings. The van der Waals surface area contributed by atoms with Gasteiger partial charge in [-0.25, -0.2) is 27.4 Å². The van der Waals surface area contributed by atoms with E-state index in [-0.39, 0.29) is 0 Å². The van der Waals surface area contributed by atoms with Crippen molar-refractivity contribution in [3.8, 4) is 6.01 Å². The monoisotopic (exact) mass is 657 g/mol. The van der Waals surface area contributed by atoms with Gasteiger partial charge < -0.3 is 33.9 Å². The van der Waals surface area contributed by atoms with Gasteiger partial charge in [-0.05, 0) is 0 Å². The molecule has 32 heavy (non-hydrogen) atoms. The molecule has 0 aliphatic carbocycles. The first-order chi connectivity index (χ1) is 13.9. The van der Waals surface area contributed by atoms with Crippen LogP contribution in [0.2, 0.25) is 0 Å². The number of nitrogens with zero attached hydrogens (tertiary/aromatic N) is 2. The average molecular weight is 658 g/mol. The normalized spacial score (nSPS) is 22.0. The van der Waals surface area contributed by atoms with Gasteiger partial charge in [0.15, 0.2) is 16.1 Å². The molecule has 28 heteroatoms. The van der Waals surface area contributed by atoms with Crippen LogP contribution in [0.15, 0.2) is 12.4 Å². The quantitative estimate of drug-likeness (QED) is 0.119. The van der Waals surface area contributed by atoms with Crippen molar-refractivity contribution in [1.82, 2.24) is 3.59 Å². The van der Waals surface area contributed by atoms with Gasteiger partial charge in [0.05, 0.1) is 7.05 Å². The SMILES string of the molecule is C[n+]1ccn(Br)c1OP(=O)(O)OP(=O)(O)OP(=O)(O)OP(=O)(O)OP(=O)(O)OP(=O)(O)O. The Hall–Kier alpha value is 0.390. The van der Waals surface area contributed by atoms with Gasteiger partial charge in [-0.3, -0.25) is 4.89 Å². The van der Waals surface area contributed by atoms with Gasteiger partial charge in [-0.1, -0.05) is 0 Å². The summed E-state index contributed by atoms with van der Waals surface area (Å²) in [4.78, 5) is 62.8. The standard InChI is InChI=1S/C4H11BrN2O19P6/c1-6-2-3-7(5)4(6)21-28(11,12)23-30(15,16)25-32(19,20)26-31(17,18)24-29(13,14)22-27(8,9)10/h2-3H,1H3,(H6-,8,9,10,11,12,13,14,15,16,17,18,19,20)/p+1. The molecule has 0 saturated carbocycles. The molecule has 0 aliphatic rings. The van der Waals surface area contributed by atoms with Gasteiger partial charge in [0, 0.05) is 0 Å². The molecule has 7 N–H and O–H groups in total. The molecule has 0 aromatic carbocycles. The van der Waals surface area contributed by atoms with E-state index in [9.17, 15) is 42.1 Å². The van der Waals surface area contributed by atoms with E-state index in [0.29, 0.717) is 0 Å². The van der Waals surface area contributed by atoms with E-state index in [0.717, 1.165) is 8.16 Å². The lowest BCUT2D eigenvalue weighted by atomic mass is 10.9. The first kappa shape index (κ1) is 30.4. The number of aryl methyl sites for hydroxylation is 1. The van der Waals surface area contributed by atoms with E-state index in [1.54, 1.807) is 0 Å². The zero-order chi connectivity index (χ0) is 25.4. The number of phosphoric ester groups is 1. The van der Waals surface area contributed by atoms with E-state index >= 15 is 0 Å². The molecule has 5 atom stereocenters. The van der Waals surface area contributed by atoms with Crippen molar-refractivity contribution in [2.75, 3.05) is 0 Å². The van der Waals surface area contributed by atoms with Crippen LogP contribution >= 0.6 is 63.1 Å². The number of hydrogen-bond donors (Lipinski definition) is 7. The van der Waals surface area contributed by atoms with E-state index in [1.807, 2.05) is 0 Å². The fourth-order valence-corrected chi connectivity index (χ4v) is 9.27. The minimum atomic E-state index is -6.31. The van der Waals surface area contributed by atoms with E-state index < -0.39 is 52.9 Å². The van der Waals surface area contributed by atoms with Gasteiger partial charge in [0.2, 0.25) is 0 Å². The Morgan fingerprint density at radius 1 is 0.719 bits per heavy atom. The van der Waals surface area contributed by atoms with E-state index in [2.05, 4.69) is 42.2 Å². The maximum atomic E-state index is 11.8. The molecule has 5 unspecified atom stereocenters. The number of halogens is 1. The third kappa shape index (κ3) is 11.2. The highest BCUT2D eigenvalue weighted by atomic mass is 79.9. The maximum Gasteiger partial charge on any atom is 0.541 e. The Kier molecular flexibility index (Phi) is 9.67. The van der Waals surface area contributed by atoms with Gasteiger partial charge >= 0.3 is 52.9 Å². The molecule has 0 aliphatic heterocycles. The lowest BCUT2D eigenvalue weighted by molar-refractivity contribution is -0.673. The summed E-state index contributed by atoms with van der Waals surface area (Å²) in [5.41, 5.74) is 0. The van der Waals surface area contributed by atoms with Gasteiger partial charge in [-0.2, -0.15) is 26.1 Å². The van der Waals surface area contributed by atoms with Crippen LogP contribution in [-0.2, 0) is 56.0 Å². The van der Waals surface area contributed by atoms with Gasteiger partial charge in [0.1, 0.15) is 12.4 Å². The molecule has 1 heterocycles. The zero-order valence-corrected chi connectivity index (χ0v) is 21.6. The third-order valence-electron chi connectivity index (χ3n) is 2.14. The highest BCUT2D eigenvalue weighted by molar-refractivity contribution is 9.08. The average Bonchev–Trinajstić information content (AvgIpc) is 2.69. The highest BCUT2D eigenvalue weighted by Gasteiger charge is 2.49. The highest BCUT2D eigenvalue weighted by Crippen LogP contribution is 2.74. The third-order valence-corrected chi connectivity index (χ3v) is 11.4. The van der Waals surface area contributed by atoms with Crippen molar-refractivity contribution in [2.45, 2.75) is 0 Å². The number of hydrogen-bond acceptors (Lipinski definition) is 12. The first-order valence-electron chi connectivity index (χ1n) is 6.62. The molecule has 0 bridgehead atoms. The van der Waals surface area contributed by atoms with Crippen molar-refractivity contribution in [3.05, 3.63) is 12.4 Å². The lowest BCUT2D eigenvalue weighted by Crippen LogP contribution is -2.27. The van der Waals surface area contributed by atoms with Crippen LogP contribution in [0.5, 0.6) is 6.01 Å². The minimum Gasteiger partial charge on any atom is -0.333 e. The van der Waals surface area contributed by atoms with Crippen LogP contribution in [0, 0.1) is 0 Å². The van der Waals surface area contributed by atoms with Crippen molar-refractivity contribution in [3.63, 3.8) is 0 Å². The Labute approximate surface area is 184 Å². The van der Waals surface area contributed by atoms with Gasteiger partial charge in [0.25, 0.3) is 0 Å². The summed E-state index contributed by atoms with van der Waals surface area (Å²) in [6, 6.07) is -0.503. The van der Waals surface area contributed by atoms with Crippen molar-refractivity contribution >= 4 is 63.1 Å². The summed E-state index contributed by atoms with van der Waals surface area (Å²) in [5.74, 6) is 0. The number of phosphoric acid groups is 6. The second-order valence-corrected chi connectivity index (χ2v) is 14.7. The van der Waals surface area contributed by atoms with E-state index in [4.69, 9.17) is 19.6 Å². The largest absolute Gasteiger partial charge is 0.541 e. The molecule has 0 saturated heterocycles. The van der Waals surface area contributed by atoms with Crippen molar-refractivity contribution < 1.29 is 92.3 Å². The van der Waals surface area contributed by atoms with Crippen LogP contribution < -0.4 is 9.09 Å². The Balaban J connectivity index is 2.91. The molecular formula is C4H12BrN2O19P6+. The van der Waals surface area contributed by atoms with Crippen molar-refractivity contribution in [2.24, 2.45) is 7.05 Å². The topological polar surface area (TPSA) is 308 Å². The first-order valence-corrected chi connectivity index (χ1v) is 16.3. The molecule has 188 valence electrons. The maximum absolute atomic E-state index is 11.8. The number of imidazole rings is 1. The molecule has 1 rings (SSSR count). The smallest absolute Gasteiger partial charge is 0.333 e. The second-order valence-electron chi connectivity index (χ2n) is 4.84. The summed E-state index contributed by atoms with van der Waals surface area (Å²) in [7, 11) is -35.0. The molecule has 21 nitrogen and oxygen atoms in total. The molecular weight excluding hydrogens is 646 g/mol. The second kappa shape index (κ2) is 10.2. The summed E-state index contributed by atoms with van der Waals surface area (Å²) < 4.78 is 91.6. The molecule has 0 fully saturated rings. The Morgan fingerprint density at radius 2 is 1.06 bits per heavy atom. The van der Waals surface area contributed by atoms with Crippen LogP contribution in [-0.4, -0.2) is 37.8 Å². The minimum absolute atomic E-state index is 0.503. The predicted octanol–water partition coefficient (Wildman–Crippen LogP) is 0.527. The fourth-order valence-electron chi connectivity index (χ4n) is 1.38. The molecule has 1 aromatic heterocycles. The summed E-state index contributed by atoms with van der Waals surface area (Å²) >= 11 is 2.81. The molecule has 0 radical (unpaired) electrons. The van der Waals surface area contributed by atoms with Crippen LogP contribution in [0.1, 0.15) is 0 Å². The van der Waals surface area contributed by atoms with Crippen LogP contribution in [0.25, 0.3) is 0 Å².